The Labute approximate surface area is 254 Å². The van der Waals surface area contributed by atoms with Gasteiger partial charge in [-0.1, -0.05) is 45.0 Å². The van der Waals surface area contributed by atoms with Crippen LogP contribution in [0.2, 0.25) is 0 Å². The summed E-state index contributed by atoms with van der Waals surface area (Å²) in [7, 11) is 0. The number of nitrogens with one attached hydrogen (secondary N) is 2. The summed E-state index contributed by atoms with van der Waals surface area (Å²) in [6.07, 6.45) is 1.35. The Morgan fingerprint density at radius 1 is 1.05 bits per heavy atom. The van der Waals surface area contributed by atoms with Crippen molar-refractivity contribution in [2.45, 2.75) is 65.6 Å². The third-order valence-corrected chi connectivity index (χ3v) is 9.29. The van der Waals surface area contributed by atoms with Gasteiger partial charge in [-0.15, -0.1) is 11.3 Å². The molecule has 2 fully saturated rings. The Balaban J connectivity index is 1.36. The van der Waals surface area contributed by atoms with Gasteiger partial charge in [-0.25, -0.2) is 4.98 Å². The van der Waals surface area contributed by atoms with Crippen molar-refractivity contribution in [1.29, 1.82) is 0 Å². The normalized spacial score (nSPS) is 19.9. The summed E-state index contributed by atoms with van der Waals surface area (Å²) in [4.78, 5) is 52.0. The number of piperazine rings is 1. The lowest BCUT2D eigenvalue weighted by Gasteiger charge is -2.37. The molecule has 3 amide bonds. The number of aryl methyl sites for hydroxylation is 1. The number of nitrogens with zero attached hydrogens (tertiary/aromatic N) is 4. The van der Waals surface area contributed by atoms with Crippen molar-refractivity contribution in [2.75, 3.05) is 52.4 Å². The molecule has 1 aromatic heterocycles. The van der Waals surface area contributed by atoms with E-state index < -0.39 is 17.5 Å². The van der Waals surface area contributed by atoms with E-state index in [1.807, 2.05) is 52.3 Å². The summed E-state index contributed by atoms with van der Waals surface area (Å²) in [6, 6.07) is 6.67. The molecule has 0 saturated carbocycles. The molecule has 3 heterocycles. The number of benzene rings is 1. The highest BCUT2D eigenvalue weighted by atomic mass is 32.1. The van der Waals surface area contributed by atoms with Gasteiger partial charge in [0.25, 0.3) is 0 Å². The maximum Gasteiger partial charge on any atom is 0.246 e. The molecule has 1 aromatic carbocycles. The fraction of sp³-hybridized carbons (Fsp3) is 0.613. The monoisotopic (exact) mass is 597 g/mol. The molecule has 230 valence electrons. The molecule has 42 heavy (non-hydrogen) atoms. The average molecular weight is 598 g/mol. The zero-order chi connectivity index (χ0) is 30.4. The molecule has 0 unspecified atom stereocenters. The number of hydrogen-bond acceptors (Lipinski definition) is 8. The van der Waals surface area contributed by atoms with Crippen molar-refractivity contribution in [2.24, 2.45) is 11.1 Å². The number of hydrogen-bond donors (Lipinski definition) is 3. The maximum absolute atomic E-state index is 13.9. The van der Waals surface area contributed by atoms with Gasteiger partial charge >= 0.3 is 0 Å². The van der Waals surface area contributed by atoms with E-state index in [4.69, 9.17) is 5.73 Å². The molecule has 0 spiro atoms. The van der Waals surface area contributed by atoms with E-state index in [0.717, 1.165) is 60.8 Å². The van der Waals surface area contributed by atoms with Gasteiger partial charge in [0.15, 0.2) is 0 Å². The number of thiazole rings is 1. The van der Waals surface area contributed by atoms with Crippen LogP contribution in [0.1, 0.15) is 57.8 Å². The van der Waals surface area contributed by atoms with E-state index in [0.29, 0.717) is 19.5 Å². The topological polar surface area (TPSA) is 124 Å². The van der Waals surface area contributed by atoms with Gasteiger partial charge in [0, 0.05) is 45.8 Å². The lowest BCUT2D eigenvalue weighted by molar-refractivity contribution is -0.144. The van der Waals surface area contributed by atoms with Crippen molar-refractivity contribution in [3.63, 3.8) is 0 Å². The average Bonchev–Trinajstić information content (AvgIpc) is 3.61. The number of rotatable bonds is 10. The van der Waals surface area contributed by atoms with Gasteiger partial charge in [0.05, 0.1) is 28.7 Å². The van der Waals surface area contributed by atoms with Crippen molar-refractivity contribution < 1.29 is 14.4 Å². The van der Waals surface area contributed by atoms with Crippen LogP contribution in [0.25, 0.3) is 10.4 Å². The van der Waals surface area contributed by atoms with Gasteiger partial charge in [-0.05, 0) is 43.2 Å². The summed E-state index contributed by atoms with van der Waals surface area (Å²) >= 11 is 1.61. The first-order valence-electron chi connectivity index (χ1n) is 15.0. The first-order chi connectivity index (χ1) is 20.0. The predicted octanol–water partition coefficient (Wildman–Crippen LogP) is 2.39. The zero-order valence-electron chi connectivity index (χ0n) is 25.7. The van der Waals surface area contributed by atoms with Gasteiger partial charge in [-0.3, -0.25) is 24.2 Å². The quantitative estimate of drug-likeness (QED) is 0.384. The minimum Gasteiger partial charge on any atom is -0.348 e. The van der Waals surface area contributed by atoms with Crippen LogP contribution in [-0.2, 0) is 14.4 Å². The van der Waals surface area contributed by atoms with Gasteiger partial charge in [0.2, 0.25) is 17.7 Å². The molecular weight excluding hydrogens is 550 g/mol. The lowest BCUT2D eigenvalue weighted by Crippen LogP contribution is -2.59. The summed E-state index contributed by atoms with van der Waals surface area (Å²) in [5.74, 6) is -0.524. The first-order valence-corrected chi connectivity index (χ1v) is 15.9. The number of aromatic nitrogens is 1. The highest BCUT2D eigenvalue weighted by molar-refractivity contribution is 7.13. The molecule has 2 saturated heterocycles. The van der Waals surface area contributed by atoms with Crippen LogP contribution >= 0.6 is 11.3 Å². The first kappa shape index (κ1) is 32.1. The summed E-state index contributed by atoms with van der Waals surface area (Å²) in [5, 5.41) is 6.15. The largest absolute Gasteiger partial charge is 0.348 e. The number of carbonyl (C=O) groups is 3. The Bertz CT molecular complexity index is 1220. The molecule has 0 bridgehead atoms. The maximum atomic E-state index is 13.9. The predicted molar refractivity (Wildman–Crippen MR) is 167 cm³/mol. The van der Waals surface area contributed by atoms with Crippen LogP contribution in [0.15, 0.2) is 29.8 Å². The molecule has 10 nitrogen and oxygen atoms in total. The number of likely N-dealkylation sites (tertiary alicyclic amines) is 1. The number of carbonyl (C=O) groups excluding carboxylic acids is 3. The Morgan fingerprint density at radius 3 is 2.31 bits per heavy atom. The molecule has 0 aliphatic carbocycles. The third-order valence-electron chi connectivity index (χ3n) is 8.31. The number of amides is 3. The molecule has 3 atom stereocenters. The molecule has 4 N–H and O–H groups in total. The summed E-state index contributed by atoms with van der Waals surface area (Å²) in [6.45, 7) is 15.4. The van der Waals surface area contributed by atoms with Crippen LogP contribution in [0, 0.1) is 12.3 Å². The van der Waals surface area contributed by atoms with E-state index in [2.05, 4.69) is 37.6 Å². The standard InChI is InChI=1S/C31H47N7O3S/c1-21(23-8-10-24(11-9-23)27-22(2)33-20-42-27)34-29(40)25-7-6-13-38(25)30(41)28(31(3,4)5)35-26(39)19-37-17-15-36(14-12-32)16-18-37/h8-11,20-21,25,28H,6-7,12-19,32H2,1-5H3,(H,34,40)(H,35,39)/t21-,25-,28+/m0/s1. The fourth-order valence-electron chi connectivity index (χ4n) is 5.78. The van der Waals surface area contributed by atoms with Gasteiger partial charge < -0.3 is 21.3 Å². The SMILES string of the molecule is Cc1ncsc1-c1ccc([C@H](C)NC(=O)[C@@H]2CCCN2C(=O)[C@@H](NC(=O)CN2CCN(CCN)CC2)C(C)(C)C)cc1. The van der Waals surface area contributed by atoms with Crippen molar-refractivity contribution in [3.05, 3.63) is 41.0 Å². The second-order valence-electron chi connectivity index (χ2n) is 12.6. The van der Waals surface area contributed by atoms with E-state index >= 15 is 0 Å². The van der Waals surface area contributed by atoms with E-state index in [-0.39, 0.29) is 30.3 Å². The highest BCUT2D eigenvalue weighted by Gasteiger charge is 2.42. The van der Waals surface area contributed by atoms with Gasteiger partial charge in [0.1, 0.15) is 12.1 Å². The molecule has 2 aliphatic heterocycles. The Morgan fingerprint density at radius 2 is 1.71 bits per heavy atom. The van der Waals surface area contributed by atoms with Crippen LogP contribution in [0.4, 0.5) is 0 Å². The van der Waals surface area contributed by atoms with E-state index in [1.54, 1.807) is 16.2 Å². The molecule has 0 radical (unpaired) electrons. The lowest BCUT2D eigenvalue weighted by atomic mass is 9.85. The second kappa shape index (κ2) is 14.1. The summed E-state index contributed by atoms with van der Waals surface area (Å²) in [5.41, 5.74) is 10.1. The van der Waals surface area contributed by atoms with Crippen LogP contribution < -0.4 is 16.4 Å². The smallest absolute Gasteiger partial charge is 0.246 e. The van der Waals surface area contributed by atoms with E-state index in [9.17, 15) is 14.4 Å². The molecule has 4 rings (SSSR count). The Kier molecular flexibility index (Phi) is 10.7. The highest BCUT2D eigenvalue weighted by Crippen LogP contribution is 2.29. The minimum atomic E-state index is -0.725. The second-order valence-corrected chi connectivity index (χ2v) is 13.4. The Hall–Kier alpha value is -2.86. The molecule has 2 aliphatic rings. The van der Waals surface area contributed by atoms with Crippen molar-refractivity contribution in [3.8, 4) is 10.4 Å². The third kappa shape index (κ3) is 7.94. The van der Waals surface area contributed by atoms with Crippen molar-refractivity contribution >= 4 is 29.1 Å². The molecule has 2 aromatic rings. The van der Waals surface area contributed by atoms with Crippen LogP contribution in [0.3, 0.4) is 0 Å². The molecule has 11 heteroatoms. The van der Waals surface area contributed by atoms with Crippen LogP contribution in [-0.4, -0.2) is 102 Å². The van der Waals surface area contributed by atoms with E-state index in [1.165, 1.54) is 0 Å². The van der Waals surface area contributed by atoms with Gasteiger partial charge in [-0.2, -0.15) is 0 Å². The molecular formula is C31H47N7O3S. The fourth-order valence-corrected chi connectivity index (χ4v) is 6.59. The van der Waals surface area contributed by atoms with Crippen molar-refractivity contribution in [1.82, 2.24) is 30.3 Å². The summed E-state index contributed by atoms with van der Waals surface area (Å²) < 4.78 is 0. The minimum absolute atomic E-state index is 0.162. The number of nitrogens with two attached hydrogens (primary N) is 1. The zero-order valence-corrected chi connectivity index (χ0v) is 26.5. The van der Waals surface area contributed by atoms with Crippen LogP contribution in [0.5, 0.6) is 0 Å².